The fourth-order valence-corrected chi connectivity index (χ4v) is 5.03. The summed E-state index contributed by atoms with van der Waals surface area (Å²) in [5, 5.41) is 14.3. The number of anilines is 1. The number of aromatic nitrogens is 1. The number of nitrogens with two attached hydrogens (primary N) is 1. The van der Waals surface area contributed by atoms with Crippen LogP contribution < -0.4 is 61.9 Å². The predicted molar refractivity (Wildman–Crippen MR) is 155 cm³/mol. The van der Waals surface area contributed by atoms with Gasteiger partial charge in [0.05, 0.1) is 35.3 Å². The molecule has 2 fully saturated rings. The van der Waals surface area contributed by atoms with Crippen molar-refractivity contribution in [2.45, 2.75) is 62.8 Å². The number of nitriles is 1. The van der Waals surface area contributed by atoms with Gasteiger partial charge in [0.1, 0.15) is 23.1 Å². The van der Waals surface area contributed by atoms with Crippen LogP contribution in [0.4, 0.5) is 24.5 Å². The maximum absolute atomic E-state index is 15.9. The molecule has 0 aliphatic heterocycles. The van der Waals surface area contributed by atoms with Crippen LogP contribution in [-0.2, 0) is 5.41 Å². The van der Waals surface area contributed by atoms with E-state index in [4.69, 9.17) is 27.4 Å². The molecule has 0 amide bonds. The molecule has 2 aliphatic carbocycles. The number of ether oxygens (including phenoxy) is 1. The van der Waals surface area contributed by atoms with Gasteiger partial charge in [0.25, 0.3) is 0 Å². The smallest absolute Gasteiger partial charge is 0.684 e. The molecule has 0 radical (unpaired) electrons. The Balaban J connectivity index is 0.00000405. The molecule has 1 heterocycles. The fraction of sp³-hybridized carbons (Fsp3) is 0.387. The maximum atomic E-state index is 15.9. The number of nitrogens with zero attached hydrogens (tertiary/aromatic N) is 4. The summed E-state index contributed by atoms with van der Waals surface area (Å²) in [6, 6.07) is 9.37. The molecule has 0 saturated heterocycles. The van der Waals surface area contributed by atoms with Gasteiger partial charge in [-0.1, -0.05) is 31.0 Å². The first-order valence-corrected chi connectivity index (χ1v) is 14.0. The Hall–Kier alpha value is -2.13. The largest absolute Gasteiger partial charge is 1.00 e. The molecule has 2 saturated carbocycles. The van der Waals surface area contributed by atoms with E-state index in [9.17, 15) is 14.0 Å². The van der Waals surface area contributed by atoms with Gasteiger partial charge in [-0.15, -0.1) is 12.2 Å². The van der Waals surface area contributed by atoms with Crippen LogP contribution in [0.1, 0.15) is 68.2 Å². The summed E-state index contributed by atoms with van der Waals surface area (Å²) in [4.78, 5) is 9.06. The van der Waals surface area contributed by atoms with E-state index in [-0.39, 0.29) is 85.7 Å². The molecule has 6 nitrogen and oxygen atoms in total. The molecule has 0 spiro atoms. The van der Waals surface area contributed by atoms with Crippen molar-refractivity contribution in [2.24, 2.45) is 4.99 Å². The van der Waals surface area contributed by atoms with Crippen LogP contribution in [0.5, 0.6) is 5.75 Å². The van der Waals surface area contributed by atoms with Crippen LogP contribution in [0, 0.1) is 28.8 Å². The number of pyridine rings is 1. The molecule has 214 valence electrons. The zero-order chi connectivity index (χ0) is 29.3. The molecule has 5 rings (SSSR count). The minimum absolute atomic E-state index is 0. The van der Waals surface area contributed by atoms with Crippen molar-refractivity contribution in [1.82, 2.24) is 4.98 Å². The van der Waals surface area contributed by atoms with Crippen molar-refractivity contribution in [3.05, 3.63) is 74.9 Å². The second-order valence-electron chi connectivity index (χ2n) is 10.7. The van der Waals surface area contributed by atoms with E-state index in [1.807, 2.05) is 13.0 Å². The quantitative estimate of drug-likeness (QED) is 0.139. The number of benzene rings is 2. The molecule has 42 heavy (non-hydrogen) atoms. The summed E-state index contributed by atoms with van der Waals surface area (Å²) < 4.78 is 50.2. The maximum Gasteiger partial charge on any atom is 1.00 e. The van der Waals surface area contributed by atoms with Crippen LogP contribution in [-0.4, -0.2) is 30.9 Å². The Kier molecular flexibility index (Phi) is 10.7. The fourth-order valence-electron chi connectivity index (χ4n) is 4.86. The van der Waals surface area contributed by atoms with Crippen LogP contribution in [0.15, 0.2) is 35.3 Å². The van der Waals surface area contributed by atoms with Crippen molar-refractivity contribution in [2.75, 3.05) is 19.4 Å². The Labute approximate surface area is 291 Å². The summed E-state index contributed by atoms with van der Waals surface area (Å²) in [5.41, 5.74) is 7.14. The van der Waals surface area contributed by atoms with E-state index in [1.54, 1.807) is 18.3 Å². The molecule has 1 unspecified atom stereocenters. The summed E-state index contributed by atoms with van der Waals surface area (Å²) in [5.74, 6) is -2.55. The van der Waals surface area contributed by atoms with E-state index >= 15 is 4.39 Å². The molecule has 1 aromatic heterocycles. The summed E-state index contributed by atoms with van der Waals surface area (Å²) in [6.45, 7) is 2.29. The number of hydrogen-bond acceptors (Lipinski definition) is 5. The first kappa shape index (κ1) is 32.8. The molecule has 3 aromatic rings. The Morgan fingerprint density at radius 3 is 2.57 bits per heavy atom. The molecule has 2 aliphatic rings. The predicted octanol–water partition coefficient (Wildman–Crippen LogP) is 5.14. The van der Waals surface area contributed by atoms with Crippen LogP contribution >= 0.6 is 11.6 Å². The van der Waals surface area contributed by atoms with Crippen molar-refractivity contribution < 1.29 is 69.3 Å². The number of rotatable bonds is 11. The average molecular weight is 620 g/mol. The molecule has 1 atom stereocenters. The molecule has 2 N–H and O–H groups in total. The normalized spacial score (nSPS) is 16.0. The standard InChI is InChI=1S/C31H30ClF3N5O.K/c1-3-4-17(14-39-20-9-18(15-38-19-5-6-19)29(37)27(10-20)41-2)26-12-22(31(16-36)7-8-31)28(35)30(40-26)21-11-23(32)25(34)13-24(21)33;/h9-13,15,17,19H,3-8,14,37H2,1-2H3;/q-1;+1. The van der Waals surface area contributed by atoms with Gasteiger partial charge >= 0.3 is 51.4 Å². The minimum Gasteiger partial charge on any atom is -0.684 e. The first-order chi connectivity index (χ1) is 19.7. The second-order valence-corrected chi connectivity index (χ2v) is 11.1. The summed E-state index contributed by atoms with van der Waals surface area (Å²) in [6.07, 6.45) is 6.25. The van der Waals surface area contributed by atoms with Crippen LogP contribution in [0.3, 0.4) is 0 Å². The zero-order valence-electron chi connectivity index (χ0n) is 23.9. The van der Waals surface area contributed by atoms with Gasteiger partial charge in [0.2, 0.25) is 0 Å². The van der Waals surface area contributed by atoms with Gasteiger partial charge in [0.15, 0.2) is 5.82 Å². The van der Waals surface area contributed by atoms with Crippen LogP contribution in [0.2, 0.25) is 5.02 Å². The van der Waals surface area contributed by atoms with Gasteiger partial charge in [-0.25, -0.2) is 18.2 Å². The summed E-state index contributed by atoms with van der Waals surface area (Å²) >= 11 is 5.93. The van der Waals surface area contributed by atoms with Crippen LogP contribution in [0.25, 0.3) is 16.6 Å². The molecule has 11 heteroatoms. The van der Waals surface area contributed by atoms with Crippen molar-refractivity contribution >= 4 is 29.2 Å². The third-order valence-corrected chi connectivity index (χ3v) is 7.91. The minimum atomic E-state index is -1.01. The zero-order valence-corrected chi connectivity index (χ0v) is 27.7. The number of halogens is 4. The first-order valence-electron chi connectivity index (χ1n) is 13.6. The van der Waals surface area contributed by atoms with E-state index < -0.39 is 22.9 Å². The third kappa shape index (κ3) is 6.98. The molecule has 0 bridgehead atoms. The molecular formula is C31H30ClF3KN5O. The number of methoxy groups -OCH3 is 1. The van der Waals surface area contributed by atoms with E-state index in [0.717, 1.165) is 25.3 Å². The Bertz CT molecular complexity index is 1550. The molecular weight excluding hydrogens is 590 g/mol. The Morgan fingerprint density at radius 2 is 1.95 bits per heavy atom. The van der Waals surface area contributed by atoms with E-state index in [0.29, 0.717) is 59.8 Å². The van der Waals surface area contributed by atoms with Crippen molar-refractivity contribution in [1.29, 1.82) is 5.26 Å². The monoisotopic (exact) mass is 619 g/mol. The van der Waals surface area contributed by atoms with Crippen molar-refractivity contribution in [3.63, 3.8) is 0 Å². The van der Waals surface area contributed by atoms with E-state index in [1.165, 1.54) is 7.11 Å². The number of aliphatic imine (C=N–C) groups is 1. The van der Waals surface area contributed by atoms with Gasteiger partial charge in [-0.05, 0) is 56.2 Å². The van der Waals surface area contributed by atoms with Crippen molar-refractivity contribution in [3.8, 4) is 23.1 Å². The number of hydrogen-bond donors (Lipinski definition) is 1. The topological polar surface area (TPSA) is 98.4 Å². The molecule has 2 aromatic carbocycles. The second kappa shape index (κ2) is 13.7. The van der Waals surface area contributed by atoms with Gasteiger partial charge in [0, 0.05) is 34.7 Å². The average Bonchev–Trinajstić information content (AvgIpc) is 3.89. The third-order valence-electron chi connectivity index (χ3n) is 7.62. The summed E-state index contributed by atoms with van der Waals surface area (Å²) in [7, 11) is 1.53. The van der Waals surface area contributed by atoms with Gasteiger partial charge in [-0.2, -0.15) is 5.26 Å². The van der Waals surface area contributed by atoms with Gasteiger partial charge in [-0.3, -0.25) is 4.99 Å². The SMILES string of the molecule is CCCC(C[N-]c1cc(C=NC2CC2)c(N)c(OC)c1)c1cc(C2(C#N)CC2)c(F)c(-c2cc(Cl)c(F)cc2F)n1.[K+]. The van der Waals surface area contributed by atoms with E-state index in [2.05, 4.69) is 16.0 Å². The number of nitrogen functional groups attached to an aromatic ring is 1. The Morgan fingerprint density at radius 1 is 1.21 bits per heavy atom. The van der Waals surface area contributed by atoms with Gasteiger partial charge < -0.3 is 15.8 Å².